The highest BCUT2D eigenvalue weighted by molar-refractivity contribution is 5.56. The molecule has 0 saturated carbocycles. The number of anilines is 1. The molecular weight excluding hydrogens is 268 g/mol. The summed E-state index contributed by atoms with van der Waals surface area (Å²) in [6, 6.07) is 7.80. The molecule has 0 radical (unpaired) electrons. The predicted molar refractivity (Wildman–Crippen MR) is 82.4 cm³/mol. The lowest BCUT2D eigenvalue weighted by atomic mass is 10.2. The van der Waals surface area contributed by atoms with Gasteiger partial charge < -0.3 is 19.5 Å². The Bertz CT molecular complexity index is 614. The van der Waals surface area contributed by atoms with Crippen LogP contribution in [0.1, 0.15) is 11.3 Å². The highest BCUT2D eigenvalue weighted by Crippen LogP contribution is 2.29. The van der Waals surface area contributed by atoms with Gasteiger partial charge in [-0.05, 0) is 30.7 Å². The second kappa shape index (κ2) is 6.83. The van der Waals surface area contributed by atoms with Gasteiger partial charge in [0.2, 0.25) is 0 Å². The molecule has 5 heteroatoms. The molecule has 0 saturated heterocycles. The van der Waals surface area contributed by atoms with Crippen molar-refractivity contribution in [2.75, 3.05) is 26.6 Å². The van der Waals surface area contributed by atoms with Crippen molar-refractivity contribution in [3.05, 3.63) is 41.7 Å². The van der Waals surface area contributed by atoms with Crippen molar-refractivity contribution in [3.8, 4) is 17.2 Å². The van der Waals surface area contributed by atoms with Crippen LogP contribution in [0.2, 0.25) is 0 Å². The standard InChI is InChI=1S/C16H20N2O3/c1-11-7-13(16(21-4)10-17-11)18-9-12-5-6-14(19-2)15(8-12)20-3/h5-8,10H,9H2,1-4H3,(H,17,18). The summed E-state index contributed by atoms with van der Waals surface area (Å²) in [5.41, 5.74) is 2.94. The molecule has 0 fully saturated rings. The van der Waals surface area contributed by atoms with Crippen LogP contribution in [-0.4, -0.2) is 26.3 Å². The summed E-state index contributed by atoms with van der Waals surface area (Å²) in [4.78, 5) is 4.21. The first-order valence-corrected chi connectivity index (χ1v) is 6.63. The van der Waals surface area contributed by atoms with Gasteiger partial charge in [-0.15, -0.1) is 0 Å². The molecule has 5 nitrogen and oxygen atoms in total. The third-order valence-corrected chi connectivity index (χ3v) is 3.15. The second-order valence-electron chi connectivity index (χ2n) is 4.57. The maximum absolute atomic E-state index is 5.31. The molecule has 1 heterocycles. The van der Waals surface area contributed by atoms with E-state index in [2.05, 4.69) is 10.3 Å². The van der Waals surface area contributed by atoms with Crippen molar-refractivity contribution in [3.63, 3.8) is 0 Å². The van der Waals surface area contributed by atoms with Gasteiger partial charge in [-0.25, -0.2) is 0 Å². The first-order valence-electron chi connectivity index (χ1n) is 6.63. The Morgan fingerprint density at radius 2 is 1.67 bits per heavy atom. The number of pyridine rings is 1. The average molecular weight is 288 g/mol. The lowest BCUT2D eigenvalue weighted by Gasteiger charge is -2.13. The maximum Gasteiger partial charge on any atom is 0.161 e. The highest BCUT2D eigenvalue weighted by Gasteiger charge is 2.07. The molecule has 1 aromatic heterocycles. The zero-order chi connectivity index (χ0) is 15.2. The van der Waals surface area contributed by atoms with E-state index in [1.807, 2.05) is 31.2 Å². The van der Waals surface area contributed by atoms with Gasteiger partial charge >= 0.3 is 0 Å². The molecule has 0 atom stereocenters. The minimum Gasteiger partial charge on any atom is -0.493 e. The fourth-order valence-electron chi connectivity index (χ4n) is 2.04. The molecule has 0 aliphatic rings. The van der Waals surface area contributed by atoms with E-state index in [1.54, 1.807) is 27.5 Å². The Balaban J connectivity index is 2.14. The SMILES string of the molecule is COc1cnc(C)cc1NCc1ccc(OC)c(OC)c1. The molecule has 0 spiro atoms. The summed E-state index contributed by atoms with van der Waals surface area (Å²) >= 11 is 0. The maximum atomic E-state index is 5.31. The van der Waals surface area contributed by atoms with Crippen molar-refractivity contribution >= 4 is 5.69 Å². The number of rotatable bonds is 6. The van der Waals surface area contributed by atoms with Crippen LogP contribution in [0.25, 0.3) is 0 Å². The monoisotopic (exact) mass is 288 g/mol. The Morgan fingerprint density at radius 3 is 2.33 bits per heavy atom. The zero-order valence-electron chi connectivity index (χ0n) is 12.8. The van der Waals surface area contributed by atoms with Gasteiger partial charge in [0.1, 0.15) is 0 Å². The van der Waals surface area contributed by atoms with Gasteiger partial charge in [-0.1, -0.05) is 6.07 Å². The van der Waals surface area contributed by atoms with Crippen LogP contribution in [0.15, 0.2) is 30.5 Å². The first-order chi connectivity index (χ1) is 10.2. The van der Waals surface area contributed by atoms with Crippen molar-refractivity contribution in [2.24, 2.45) is 0 Å². The lowest BCUT2D eigenvalue weighted by molar-refractivity contribution is 0.354. The van der Waals surface area contributed by atoms with Crippen molar-refractivity contribution < 1.29 is 14.2 Å². The van der Waals surface area contributed by atoms with Crippen LogP contribution >= 0.6 is 0 Å². The molecule has 2 rings (SSSR count). The minimum absolute atomic E-state index is 0.653. The number of nitrogens with zero attached hydrogens (tertiary/aromatic N) is 1. The molecule has 21 heavy (non-hydrogen) atoms. The van der Waals surface area contributed by atoms with Crippen molar-refractivity contribution in [1.29, 1.82) is 0 Å². The van der Waals surface area contributed by atoms with Gasteiger partial charge in [0.25, 0.3) is 0 Å². The number of hydrogen-bond donors (Lipinski definition) is 1. The zero-order valence-corrected chi connectivity index (χ0v) is 12.8. The number of hydrogen-bond acceptors (Lipinski definition) is 5. The largest absolute Gasteiger partial charge is 0.493 e. The van der Waals surface area contributed by atoms with E-state index in [0.29, 0.717) is 6.54 Å². The van der Waals surface area contributed by atoms with E-state index in [9.17, 15) is 0 Å². The Labute approximate surface area is 124 Å². The van der Waals surface area contributed by atoms with E-state index < -0.39 is 0 Å². The summed E-state index contributed by atoms with van der Waals surface area (Å²) in [7, 11) is 4.89. The number of aryl methyl sites for hydroxylation is 1. The molecular formula is C16H20N2O3. The topological polar surface area (TPSA) is 52.6 Å². The smallest absolute Gasteiger partial charge is 0.161 e. The van der Waals surface area contributed by atoms with E-state index >= 15 is 0 Å². The fourth-order valence-corrected chi connectivity index (χ4v) is 2.04. The molecule has 112 valence electrons. The van der Waals surface area contributed by atoms with E-state index in [1.165, 1.54) is 0 Å². The number of aromatic nitrogens is 1. The predicted octanol–water partition coefficient (Wildman–Crippen LogP) is 3.03. The Kier molecular flexibility index (Phi) is 4.87. The van der Waals surface area contributed by atoms with Gasteiger partial charge in [0, 0.05) is 12.2 Å². The Hall–Kier alpha value is -2.43. The van der Waals surface area contributed by atoms with Crippen LogP contribution in [0, 0.1) is 6.92 Å². The molecule has 0 aliphatic heterocycles. The third kappa shape index (κ3) is 3.56. The normalized spacial score (nSPS) is 10.1. The summed E-state index contributed by atoms with van der Waals surface area (Å²) in [5.74, 6) is 2.16. The number of methoxy groups -OCH3 is 3. The fraction of sp³-hybridized carbons (Fsp3) is 0.312. The highest BCUT2D eigenvalue weighted by atomic mass is 16.5. The number of benzene rings is 1. The summed E-state index contributed by atoms with van der Waals surface area (Å²) in [5, 5.41) is 3.35. The van der Waals surface area contributed by atoms with Crippen LogP contribution in [0.4, 0.5) is 5.69 Å². The summed E-state index contributed by atoms with van der Waals surface area (Å²) < 4.78 is 15.8. The second-order valence-corrected chi connectivity index (χ2v) is 4.57. The average Bonchev–Trinajstić information content (AvgIpc) is 2.52. The van der Waals surface area contributed by atoms with E-state index in [0.717, 1.165) is 34.2 Å². The van der Waals surface area contributed by atoms with Crippen molar-refractivity contribution in [1.82, 2.24) is 4.98 Å². The van der Waals surface area contributed by atoms with Gasteiger partial charge in [0.15, 0.2) is 17.2 Å². The van der Waals surface area contributed by atoms with Gasteiger partial charge in [0.05, 0.1) is 33.2 Å². The molecule has 1 aromatic carbocycles. The quantitative estimate of drug-likeness (QED) is 0.885. The molecule has 0 bridgehead atoms. The Morgan fingerprint density at radius 1 is 0.952 bits per heavy atom. The van der Waals surface area contributed by atoms with Gasteiger partial charge in [-0.2, -0.15) is 0 Å². The van der Waals surface area contributed by atoms with E-state index in [-0.39, 0.29) is 0 Å². The van der Waals surface area contributed by atoms with Crippen LogP contribution in [0.3, 0.4) is 0 Å². The third-order valence-electron chi connectivity index (χ3n) is 3.15. The molecule has 2 aromatic rings. The number of ether oxygens (including phenoxy) is 3. The molecule has 0 amide bonds. The summed E-state index contributed by atoms with van der Waals surface area (Å²) in [6.45, 7) is 2.60. The number of nitrogens with one attached hydrogen (secondary N) is 1. The molecule has 1 N–H and O–H groups in total. The molecule has 0 aliphatic carbocycles. The first kappa shape index (κ1) is 15.0. The van der Waals surface area contributed by atoms with Crippen molar-refractivity contribution in [2.45, 2.75) is 13.5 Å². The lowest BCUT2D eigenvalue weighted by Crippen LogP contribution is -2.03. The summed E-state index contributed by atoms with van der Waals surface area (Å²) in [6.07, 6.45) is 1.71. The van der Waals surface area contributed by atoms with Crippen LogP contribution in [0.5, 0.6) is 17.2 Å². The minimum atomic E-state index is 0.653. The molecule has 0 unspecified atom stereocenters. The van der Waals surface area contributed by atoms with E-state index in [4.69, 9.17) is 14.2 Å². The van der Waals surface area contributed by atoms with Gasteiger partial charge in [-0.3, -0.25) is 4.98 Å². The van der Waals surface area contributed by atoms with Crippen LogP contribution in [-0.2, 0) is 6.54 Å². The van der Waals surface area contributed by atoms with Crippen LogP contribution < -0.4 is 19.5 Å².